The van der Waals surface area contributed by atoms with Crippen molar-refractivity contribution in [3.05, 3.63) is 108 Å². The average molecular weight is 355 g/mol. The van der Waals surface area contributed by atoms with Gasteiger partial charge in [-0.2, -0.15) is 0 Å². The molecule has 3 aromatic carbocycles. The van der Waals surface area contributed by atoms with Crippen LogP contribution in [0.1, 0.15) is 18.1 Å². The molecule has 0 atom stereocenters. The molecule has 0 amide bonds. The zero-order valence-electron chi connectivity index (χ0n) is 15.4. The molecule has 1 N–H and O–H groups in total. The van der Waals surface area contributed by atoms with Crippen LogP contribution in [-0.4, -0.2) is 17.3 Å². The van der Waals surface area contributed by atoms with Crippen LogP contribution in [0.2, 0.25) is 0 Å². The van der Waals surface area contributed by atoms with E-state index in [4.69, 9.17) is 9.94 Å². The smallest absolute Gasteiger partial charge is 1.00 e. The van der Waals surface area contributed by atoms with Crippen molar-refractivity contribution < 1.29 is 45.7 Å². The minimum Gasteiger partial charge on any atom is -1.00 e. The molecule has 0 aliphatic carbocycles. The number of carboxylic acid groups (broad SMARTS) is 1. The van der Waals surface area contributed by atoms with Crippen molar-refractivity contribution in [2.75, 3.05) is 0 Å². The minimum absolute atomic E-state index is 0. The summed E-state index contributed by atoms with van der Waals surface area (Å²) in [5.41, 5.74) is 1.52. The molecule has 0 saturated heterocycles. The Morgan fingerprint density at radius 1 is 0.808 bits per heavy atom. The third-order valence-corrected chi connectivity index (χ3v) is 3.89. The number of carboxylic acids is 1. The van der Waals surface area contributed by atoms with E-state index in [1.807, 2.05) is 91.0 Å². The Labute approximate surface area is 175 Å². The molecule has 0 bridgehead atoms. The molecule has 126 valence electrons. The standard InChI is InChI=1S/C21H17NO3.Na.H/c23-20(24)16-22-25-21(17-10-4-1-5-11-17,18-12-6-2-7-13-18)19-14-8-3-9-15-19;;/h1-16H,(H,23,24);;/q;+1;-1/b22-16+;;. The Morgan fingerprint density at radius 3 is 1.46 bits per heavy atom. The van der Waals surface area contributed by atoms with E-state index in [1.54, 1.807) is 0 Å². The van der Waals surface area contributed by atoms with E-state index < -0.39 is 11.6 Å². The molecule has 0 radical (unpaired) electrons. The van der Waals surface area contributed by atoms with E-state index in [0.717, 1.165) is 22.9 Å². The predicted molar refractivity (Wildman–Crippen MR) is 97.5 cm³/mol. The molecule has 0 aliphatic rings. The first-order valence-electron chi connectivity index (χ1n) is 7.84. The number of benzene rings is 3. The summed E-state index contributed by atoms with van der Waals surface area (Å²) in [6.07, 6.45) is 0.754. The summed E-state index contributed by atoms with van der Waals surface area (Å²) in [7, 11) is 0. The molecule has 0 unspecified atom stereocenters. The van der Waals surface area contributed by atoms with Crippen LogP contribution in [0.15, 0.2) is 96.2 Å². The molecule has 3 rings (SSSR count). The van der Waals surface area contributed by atoms with Gasteiger partial charge in [-0.1, -0.05) is 96.2 Å². The van der Waals surface area contributed by atoms with Gasteiger partial charge in [0.25, 0.3) is 0 Å². The summed E-state index contributed by atoms with van der Waals surface area (Å²) < 4.78 is 0. The second-order valence-corrected chi connectivity index (χ2v) is 5.44. The first-order chi connectivity index (χ1) is 12.2. The van der Waals surface area contributed by atoms with E-state index in [1.165, 1.54) is 0 Å². The fraction of sp³-hybridized carbons (Fsp3) is 0.0476. The summed E-state index contributed by atoms with van der Waals surface area (Å²) in [5, 5.41) is 12.6. The number of rotatable bonds is 6. The van der Waals surface area contributed by atoms with Crippen LogP contribution < -0.4 is 29.6 Å². The monoisotopic (exact) mass is 355 g/mol. The van der Waals surface area contributed by atoms with Gasteiger partial charge in [-0.15, -0.1) is 0 Å². The molecule has 0 saturated carbocycles. The van der Waals surface area contributed by atoms with Gasteiger partial charge in [0, 0.05) is 16.7 Å². The van der Waals surface area contributed by atoms with Gasteiger partial charge in [0.15, 0.2) is 6.21 Å². The molecule has 0 fully saturated rings. The van der Waals surface area contributed by atoms with E-state index >= 15 is 0 Å². The molecular formula is C21H18NNaO3. The van der Waals surface area contributed by atoms with Gasteiger partial charge >= 0.3 is 35.5 Å². The molecule has 0 aliphatic heterocycles. The van der Waals surface area contributed by atoms with Crippen molar-refractivity contribution in [3.8, 4) is 0 Å². The van der Waals surface area contributed by atoms with Crippen LogP contribution in [0.4, 0.5) is 0 Å². The maximum absolute atomic E-state index is 10.9. The van der Waals surface area contributed by atoms with Gasteiger partial charge in [0.05, 0.1) is 0 Å². The molecule has 5 heteroatoms. The first kappa shape index (κ1) is 19.9. The van der Waals surface area contributed by atoms with E-state index in [9.17, 15) is 4.79 Å². The minimum atomic E-state index is -1.16. The van der Waals surface area contributed by atoms with Crippen LogP contribution in [0.5, 0.6) is 0 Å². The quantitative estimate of drug-likeness (QED) is 0.313. The van der Waals surface area contributed by atoms with Gasteiger partial charge in [-0.05, 0) is 0 Å². The van der Waals surface area contributed by atoms with E-state index in [0.29, 0.717) is 0 Å². The fourth-order valence-corrected chi connectivity index (χ4v) is 2.83. The summed E-state index contributed by atoms with van der Waals surface area (Å²) >= 11 is 0. The van der Waals surface area contributed by atoms with Crippen LogP contribution in [0, 0.1) is 0 Å². The average Bonchev–Trinajstić information content (AvgIpc) is 2.67. The molecular weight excluding hydrogens is 337 g/mol. The zero-order chi connectivity index (χ0) is 17.5. The molecule has 4 nitrogen and oxygen atoms in total. The normalized spacial score (nSPS) is 10.9. The predicted octanol–water partition coefficient (Wildman–Crippen LogP) is 1.18. The summed E-state index contributed by atoms with van der Waals surface area (Å²) in [4.78, 5) is 16.8. The molecule has 0 aromatic heterocycles. The SMILES string of the molecule is O=C(O)/C=N/OC(c1ccccc1)(c1ccccc1)c1ccccc1.[H-].[Na+]. The topological polar surface area (TPSA) is 58.9 Å². The van der Waals surface area contributed by atoms with Crippen LogP contribution in [0.3, 0.4) is 0 Å². The Balaban J connectivity index is 0.00000182. The second kappa shape index (κ2) is 9.34. The first-order valence-corrected chi connectivity index (χ1v) is 7.84. The van der Waals surface area contributed by atoms with Gasteiger partial charge in [-0.3, -0.25) is 0 Å². The summed E-state index contributed by atoms with van der Waals surface area (Å²) in [5.74, 6) is -1.16. The van der Waals surface area contributed by atoms with E-state index in [-0.39, 0.29) is 31.0 Å². The summed E-state index contributed by atoms with van der Waals surface area (Å²) in [6.45, 7) is 0. The number of aliphatic carboxylic acids is 1. The Kier molecular flexibility index (Phi) is 7.16. The third-order valence-electron chi connectivity index (χ3n) is 3.89. The number of nitrogens with zero attached hydrogens (tertiary/aromatic N) is 1. The second-order valence-electron chi connectivity index (χ2n) is 5.44. The van der Waals surface area contributed by atoms with Crippen LogP contribution in [-0.2, 0) is 15.2 Å². The van der Waals surface area contributed by atoms with Crippen molar-refractivity contribution in [1.82, 2.24) is 0 Å². The Hall–Kier alpha value is -2.40. The number of carbonyl (C=O) groups is 1. The Bertz CT molecular complexity index is 762. The van der Waals surface area contributed by atoms with E-state index in [2.05, 4.69) is 5.16 Å². The van der Waals surface area contributed by atoms with Crippen molar-refractivity contribution in [3.63, 3.8) is 0 Å². The number of hydrogen-bond donors (Lipinski definition) is 1. The van der Waals surface area contributed by atoms with Gasteiger partial charge in [0.2, 0.25) is 5.60 Å². The van der Waals surface area contributed by atoms with Gasteiger partial charge in [-0.25, -0.2) is 4.79 Å². The van der Waals surface area contributed by atoms with Crippen LogP contribution >= 0.6 is 0 Å². The fourth-order valence-electron chi connectivity index (χ4n) is 2.83. The maximum atomic E-state index is 10.9. The molecule has 26 heavy (non-hydrogen) atoms. The molecule has 0 spiro atoms. The third kappa shape index (κ3) is 4.22. The maximum Gasteiger partial charge on any atom is 1.00 e. The van der Waals surface area contributed by atoms with Crippen molar-refractivity contribution in [1.29, 1.82) is 0 Å². The Morgan fingerprint density at radius 2 is 1.15 bits per heavy atom. The van der Waals surface area contributed by atoms with Crippen molar-refractivity contribution in [2.45, 2.75) is 5.60 Å². The largest absolute Gasteiger partial charge is 1.00 e. The summed E-state index contributed by atoms with van der Waals surface area (Å²) in [6, 6.07) is 28.9. The van der Waals surface area contributed by atoms with Gasteiger partial charge in [0.1, 0.15) is 0 Å². The molecule has 0 heterocycles. The van der Waals surface area contributed by atoms with Crippen molar-refractivity contribution in [2.24, 2.45) is 5.16 Å². The molecule has 3 aromatic rings. The van der Waals surface area contributed by atoms with Crippen molar-refractivity contribution >= 4 is 12.2 Å². The number of hydrogen-bond acceptors (Lipinski definition) is 3. The number of oxime groups is 1. The zero-order valence-corrected chi connectivity index (χ0v) is 16.4. The van der Waals surface area contributed by atoms with Crippen LogP contribution in [0.25, 0.3) is 0 Å². The van der Waals surface area contributed by atoms with Gasteiger partial charge < -0.3 is 11.4 Å².